The zero-order chi connectivity index (χ0) is 22.2. The number of nitrogens with zero attached hydrogens (tertiary/aromatic N) is 2. The number of ether oxygens (including phenoxy) is 1. The lowest BCUT2D eigenvalue weighted by Crippen LogP contribution is -2.36. The van der Waals surface area contributed by atoms with E-state index in [1.54, 1.807) is 48.5 Å². The lowest BCUT2D eigenvalue weighted by atomic mass is 9.96. The van der Waals surface area contributed by atoms with Gasteiger partial charge in [0, 0.05) is 17.1 Å². The Balaban J connectivity index is 1.70. The molecule has 0 radical (unpaired) electrons. The van der Waals surface area contributed by atoms with Crippen molar-refractivity contribution in [3.63, 3.8) is 0 Å². The van der Waals surface area contributed by atoms with Gasteiger partial charge in [0.25, 0.3) is 5.91 Å². The third-order valence-corrected chi connectivity index (χ3v) is 5.30. The average Bonchev–Trinajstić information content (AvgIpc) is 3.16. The average molecular weight is 451 g/mol. The molecule has 1 aliphatic rings. The number of amides is 1. The molecule has 2 aromatic carbocycles. The quantitative estimate of drug-likeness (QED) is 0.554. The first-order chi connectivity index (χ1) is 14.8. The zero-order valence-corrected chi connectivity index (χ0v) is 17.0. The molecule has 0 aliphatic carbocycles. The van der Waals surface area contributed by atoms with Crippen LogP contribution in [0, 0.1) is 0 Å². The number of rotatable bonds is 4. The maximum absolute atomic E-state index is 13.8. The highest BCUT2D eigenvalue weighted by Gasteiger charge is 2.47. The molecule has 162 valence electrons. The number of aromatic nitrogens is 2. The smallest absolute Gasteiger partial charge is 0.410 e. The summed E-state index contributed by atoms with van der Waals surface area (Å²) < 4.78 is 47.5. The van der Waals surface area contributed by atoms with E-state index in [4.69, 9.17) is 16.3 Å². The van der Waals surface area contributed by atoms with Crippen LogP contribution in [0.3, 0.4) is 0 Å². The number of nitrogens with one attached hydrogen (secondary N) is 2. The second-order valence-corrected chi connectivity index (χ2v) is 7.52. The van der Waals surface area contributed by atoms with E-state index in [1.165, 1.54) is 7.11 Å². The van der Waals surface area contributed by atoms with Crippen LogP contribution in [0.4, 0.5) is 24.7 Å². The van der Waals surface area contributed by atoms with Crippen molar-refractivity contribution in [2.45, 2.75) is 24.7 Å². The van der Waals surface area contributed by atoms with Crippen LogP contribution in [0.25, 0.3) is 0 Å². The van der Waals surface area contributed by atoms with E-state index in [0.29, 0.717) is 22.0 Å². The van der Waals surface area contributed by atoms with E-state index in [0.717, 1.165) is 10.9 Å². The van der Waals surface area contributed by atoms with Crippen LogP contribution >= 0.6 is 11.6 Å². The van der Waals surface area contributed by atoms with E-state index in [1.807, 2.05) is 0 Å². The summed E-state index contributed by atoms with van der Waals surface area (Å²) in [6.45, 7) is 0. The lowest BCUT2D eigenvalue weighted by molar-refractivity contribution is -0.173. The highest BCUT2D eigenvalue weighted by molar-refractivity contribution is 6.31. The Morgan fingerprint density at radius 1 is 1.26 bits per heavy atom. The molecule has 2 N–H and O–H groups in total. The normalized spacial score (nSPS) is 18.1. The van der Waals surface area contributed by atoms with Crippen LogP contribution in [0.2, 0.25) is 5.02 Å². The van der Waals surface area contributed by atoms with Gasteiger partial charge in [0.2, 0.25) is 0 Å². The van der Waals surface area contributed by atoms with Gasteiger partial charge in [-0.3, -0.25) is 4.79 Å². The predicted octanol–water partition coefficient (Wildman–Crippen LogP) is 5.46. The number of anilines is 2. The molecule has 0 bridgehead atoms. The number of halogens is 4. The van der Waals surface area contributed by atoms with Gasteiger partial charge in [0.1, 0.15) is 17.1 Å². The van der Waals surface area contributed by atoms with Crippen LogP contribution in [-0.2, 0) is 0 Å². The predicted molar refractivity (Wildman–Crippen MR) is 111 cm³/mol. The van der Waals surface area contributed by atoms with Crippen molar-refractivity contribution >= 4 is 29.0 Å². The molecule has 6 nitrogen and oxygen atoms in total. The van der Waals surface area contributed by atoms with Gasteiger partial charge in [-0.25, -0.2) is 4.68 Å². The number of alkyl halides is 3. The largest absolute Gasteiger partial charge is 0.497 e. The number of fused-ring (bicyclic) bond motifs is 1. The van der Waals surface area contributed by atoms with Crippen molar-refractivity contribution < 1.29 is 22.7 Å². The molecule has 0 fully saturated rings. The zero-order valence-electron chi connectivity index (χ0n) is 16.3. The number of benzene rings is 2. The maximum Gasteiger partial charge on any atom is 0.410 e. The van der Waals surface area contributed by atoms with Crippen molar-refractivity contribution in [3.05, 3.63) is 70.9 Å². The minimum atomic E-state index is -4.54. The summed E-state index contributed by atoms with van der Waals surface area (Å²) in [4.78, 5) is 12.8. The standard InChI is InChI=1S/C21H18ClF3N4O2/c1-31-15-7-2-4-12(8-15)17-10-18(21(23,24)25)29-19(28-17)16(11-26-29)20(30)27-14-6-3-5-13(22)9-14/h2-9,11,17-18,28H,10H2,1H3,(H,27,30)/t17-,18+/m1/s1. The Kier molecular flexibility index (Phi) is 5.53. The van der Waals surface area contributed by atoms with Crippen molar-refractivity contribution in [1.82, 2.24) is 9.78 Å². The topological polar surface area (TPSA) is 68.2 Å². The molecule has 2 atom stereocenters. The molecule has 0 unspecified atom stereocenters. The molecule has 0 spiro atoms. The summed E-state index contributed by atoms with van der Waals surface area (Å²) >= 11 is 5.93. The van der Waals surface area contributed by atoms with Crippen LogP contribution < -0.4 is 15.4 Å². The van der Waals surface area contributed by atoms with Gasteiger partial charge >= 0.3 is 6.18 Å². The molecule has 4 rings (SSSR count). The number of carbonyl (C=O) groups excluding carboxylic acids is 1. The first-order valence-corrected chi connectivity index (χ1v) is 9.75. The van der Waals surface area contributed by atoms with Gasteiger partial charge in [-0.1, -0.05) is 29.8 Å². The highest BCUT2D eigenvalue weighted by atomic mass is 35.5. The van der Waals surface area contributed by atoms with E-state index < -0.39 is 24.2 Å². The second kappa shape index (κ2) is 8.14. The monoisotopic (exact) mass is 450 g/mol. The van der Waals surface area contributed by atoms with Crippen molar-refractivity contribution in [2.75, 3.05) is 17.7 Å². The third kappa shape index (κ3) is 4.32. The molecule has 1 amide bonds. The van der Waals surface area contributed by atoms with Crippen molar-refractivity contribution in [2.24, 2.45) is 0 Å². The molecular weight excluding hydrogens is 433 g/mol. The molecule has 1 aromatic heterocycles. The number of methoxy groups -OCH3 is 1. The highest BCUT2D eigenvalue weighted by Crippen LogP contribution is 2.44. The van der Waals surface area contributed by atoms with Gasteiger partial charge in [-0.05, 0) is 35.9 Å². The summed E-state index contributed by atoms with van der Waals surface area (Å²) in [5, 5.41) is 9.98. The lowest BCUT2D eigenvalue weighted by Gasteiger charge is -2.34. The maximum atomic E-state index is 13.8. The Morgan fingerprint density at radius 3 is 2.74 bits per heavy atom. The molecule has 0 saturated heterocycles. The molecular formula is C21H18ClF3N4O2. The van der Waals surface area contributed by atoms with Gasteiger partial charge in [0.15, 0.2) is 6.04 Å². The minimum absolute atomic E-state index is 0.000855. The molecule has 0 saturated carbocycles. The first kappa shape index (κ1) is 21.0. The summed E-state index contributed by atoms with van der Waals surface area (Å²) in [5.74, 6) is -0.0648. The number of carbonyl (C=O) groups is 1. The fraction of sp³-hybridized carbons (Fsp3) is 0.238. The number of hydrogen-bond donors (Lipinski definition) is 2. The van der Waals surface area contributed by atoms with Gasteiger partial charge < -0.3 is 15.4 Å². The fourth-order valence-electron chi connectivity index (χ4n) is 3.57. The summed E-state index contributed by atoms with van der Waals surface area (Å²) in [6, 6.07) is 10.7. The fourth-order valence-corrected chi connectivity index (χ4v) is 3.76. The van der Waals surface area contributed by atoms with Gasteiger partial charge in [0.05, 0.1) is 19.3 Å². The Bertz CT molecular complexity index is 1120. The van der Waals surface area contributed by atoms with E-state index >= 15 is 0 Å². The molecule has 1 aliphatic heterocycles. The van der Waals surface area contributed by atoms with Crippen molar-refractivity contribution in [3.8, 4) is 5.75 Å². The van der Waals surface area contributed by atoms with Gasteiger partial charge in [-0.15, -0.1) is 0 Å². The Morgan fingerprint density at radius 2 is 2.03 bits per heavy atom. The SMILES string of the molecule is COc1cccc([C@H]2C[C@@H](C(F)(F)F)n3ncc(C(=O)Nc4cccc(Cl)c4)c3N2)c1. The first-order valence-electron chi connectivity index (χ1n) is 9.38. The van der Waals surface area contributed by atoms with E-state index in [2.05, 4.69) is 15.7 Å². The van der Waals surface area contributed by atoms with E-state index in [-0.39, 0.29) is 17.8 Å². The van der Waals surface area contributed by atoms with Crippen LogP contribution in [0.15, 0.2) is 54.7 Å². The number of hydrogen-bond acceptors (Lipinski definition) is 4. The summed E-state index contributed by atoms with van der Waals surface area (Å²) in [7, 11) is 1.49. The summed E-state index contributed by atoms with van der Waals surface area (Å²) in [5.41, 5.74) is 1.04. The minimum Gasteiger partial charge on any atom is -0.497 e. The Hall–Kier alpha value is -3.20. The van der Waals surface area contributed by atoms with Crippen LogP contribution in [0.5, 0.6) is 5.75 Å². The van der Waals surface area contributed by atoms with Crippen LogP contribution in [-0.4, -0.2) is 29.0 Å². The Labute approximate surface area is 181 Å². The second-order valence-electron chi connectivity index (χ2n) is 7.08. The third-order valence-electron chi connectivity index (χ3n) is 5.06. The van der Waals surface area contributed by atoms with Crippen molar-refractivity contribution in [1.29, 1.82) is 0 Å². The molecule has 2 heterocycles. The molecule has 3 aromatic rings. The molecule has 10 heteroatoms. The van der Waals surface area contributed by atoms with E-state index in [9.17, 15) is 18.0 Å². The summed E-state index contributed by atoms with van der Waals surface area (Å²) in [6.07, 6.45) is -3.68. The van der Waals surface area contributed by atoms with Crippen LogP contribution in [0.1, 0.15) is 34.4 Å². The molecule has 31 heavy (non-hydrogen) atoms. The van der Waals surface area contributed by atoms with Gasteiger partial charge in [-0.2, -0.15) is 18.3 Å².